The van der Waals surface area contributed by atoms with E-state index in [4.69, 9.17) is 0 Å². The number of aryl methyl sites for hydroxylation is 1. The zero-order valence-corrected chi connectivity index (χ0v) is 11.2. The third-order valence-corrected chi connectivity index (χ3v) is 2.87. The van der Waals surface area contributed by atoms with Crippen LogP contribution in [0.15, 0.2) is 36.7 Å². The molecule has 0 spiro atoms. The van der Waals surface area contributed by atoms with Crippen molar-refractivity contribution in [3.63, 3.8) is 0 Å². The lowest BCUT2D eigenvalue weighted by Crippen LogP contribution is -2.13. The van der Waals surface area contributed by atoms with Gasteiger partial charge in [0.15, 0.2) is 0 Å². The Morgan fingerprint density at radius 3 is 2.94 bits per heavy atom. The summed E-state index contributed by atoms with van der Waals surface area (Å²) >= 11 is 0. The maximum absolute atomic E-state index is 4.40. The molecule has 0 aliphatic carbocycles. The Bertz CT molecular complexity index is 488. The molecule has 1 aromatic carbocycles. The summed E-state index contributed by atoms with van der Waals surface area (Å²) in [6.07, 6.45) is 5.22. The predicted octanol–water partition coefficient (Wildman–Crippen LogP) is 2.74. The second-order valence-electron chi connectivity index (χ2n) is 4.71. The maximum atomic E-state index is 4.40. The highest BCUT2D eigenvalue weighted by Crippen LogP contribution is 2.06. The third-order valence-electron chi connectivity index (χ3n) is 2.87. The molecule has 2 rings (SSSR count). The van der Waals surface area contributed by atoms with E-state index >= 15 is 0 Å². The van der Waals surface area contributed by atoms with Crippen LogP contribution in [0.2, 0.25) is 0 Å². The summed E-state index contributed by atoms with van der Waals surface area (Å²) in [5.74, 6) is 0. The second kappa shape index (κ2) is 6.36. The van der Waals surface area contributed by atoms with Gasteiger partial charge >= 0.3 is 0 Å². The van der Waals surface area contributed by atoms with Crippen molar-refractivity contribution in [2.75, 3.05) is 6.54 Å². The molecule has 1 aromatic heterocycles. The molecular weight excluding hydrogens is 222 g/mol. The number of benzene rings is 1. The van der Waals surface area contributed by atoms with Gasteiger partial charge in [-0.3, -0.25) is 4.68 Å². The quantitative estimate of drug-likeness (QED) is 0.791. The summed E-state index contributed by atoms with van der Waals surface area (Å²) < 4.78 is 2.00. The van der Waals surface area contributed by atoms with Crippen molar-refractivity contribution in [2.45, 2.75) is 33.4 Å². The number of rotatable bonds is 6. The van der Waals surface area contributed by atoms with Gasteiger partial charge < -0.3 is 5.32 Å². The van der Waals surface area contributed by atoms with Crippen LogP contribution in [-0.4, -0.2) is 16.3 Å². The van der Waals surface area contributed by atoms with Crippen LogP contribution in [0.1, 0.15) is 30.0 Å². The average molecular weight is 243 g/mol. The first kappa shape index (κ1) is 12.8. The molecule has 0 saturated carbocycles. The van der Waals surface area contributed by atoms with E-state index in [1.165, 1.54) is 16.7 Å². The van der Waals surface area contributed by atoms with E-state index in [9.17, 15) is 0 Å². The van der Waals surface area contributed by atoms with E-state index in [1.54, 1.807) is 0 Å². The Morgan fingerprint density at radius 1 is 1.28 bits per heavy atom. The molecular formula is C15H21N3. The normalized spacial score (nSPS) is 10.8. The van der Waals surface area contributed by atoms with Gasteiger partial charge in [0.1, 0.15) is 0 Å². The molecule has 0 amide bonds. The Morgan fingerprint density at radius 2 is 2.17 bits per heavy atom. The maximum Gasteiger partial charge on any atom is 0.0659 e. The van der Waals surface area contributed by atoms with Crippen molar-refractivity contribution in [3.8, 4) is 0 Å². The number of nitrogens with one attached hydrogen (secondary N) is 1. The SMILES string of the molecule is CCCNCc1cnn(Cc2cccc(C)c2)c1. The lowest BCUT2D eigenvalue weighted by atomic mass is 10.1. The fourth-order valence-electron chi connectivity index (χ4n) is 1.99. The molecule has 1 heterocycles. The molecule has 0 aliphatic rings. The molecule has 1 N–H and O–H groups in total. The Hall–Kier alpha value is -1.61. The highest BCUT2D eigenvalue weighted by atomic mass is 15.3. The van der Waals surface area contributed by atoms with Crippen molar-refractivity contribution in [1.82, 2.24) is 15.1 Å². The molecule has 0 radical (unpaired) electrons. The van der Waals surface area contributed by atoms with Gasteiger partial charge in [0, 0.05) is 18.3 Å². The van der Waals surface area contributed by atoms with Crippen molar-refractivity contribution >= 4 is 0 Å². The van der Waals surface area contributed by atoms with Crippen molar-refractivity contribution in [3.05, 3.63) is 53.3 Å². The van der Waals surface area contributed by atoms with Crippen molar-refractivity contribution < 1.29 is 0 Å². The van der Waals surface area contributed by atoms with Crippen molar-refractivity contribution in [1.29, 1.82) is 0 Å². The van der Waals surface area contributed by atoms with Gasteiger partial charge in [-0.2, -0.15) is 5.10 Å². The molecule has 0 unspecified atom stereocenters. The molecule has 96 valence electrons. The lowest BCUT2D eigenvalue weighted by Gasteiger charge is -2.03. The van der Waals surface area contributed by atoms with Gasteiger partial charge in [-0.05, 0) is 25.5 Å². The predicted molar refractivity (Wildman–Crippen MR) is 74.5 cm³/mol. The van der Waals surface area contributed by atoms with Crippen LogP contribution < -0.4 is 5.32 Å². The molecule has 3 heteroatoms. The van der Waals surface area contributed by atoms with Crippen molar-refractivity contribution in [2.24, 2.45) is 0 Å². The van der Waals surface area contributed by atoms with Gasteiger partial charge in [0.05, 0.1) is 12.7 Å². The van der Waals surface area contributed by atoms with Crippen LogP contribution >= 0.6 is 0 Å². The fraction of sp³-hybridized carbons (Fsp3) is 0.400. The lowest BCUT2D eigenvalue weighted by molar-refractivity contribution is 0.668. The van der Waals surface area contributed by atoms with Gasteiger partial charge in [0.2, 0.25) is 0 Å². The van der Waals surface area contributed by atoms with Crippen LogP contribution in [0.4, 0.5) is 0 Å². The Labute approximate surface area is 109 Å². The summed E-state index contributed by atoms with van der Waals surface area (Å²) in [6.45, 7) is 7.10. The third kappa shape index (κ3) is 3.70. The van der Waals surface area contributed by atoms with Crippen LogP contribution in [0.25, 0.3) is 0 Å². The first-order valence-corrected chi connectivity index (χ1v) is 6.55. The molecule has 18 heavy (non-hydrogen) atoms. The summed E-state index contributed by atoms with van der Waals surface area (Å²) in [5.41, 5.74) is 3.84. The number of hydrogen-bond donors (Lipinski definition) is 1. The highest BCUT2D eigenvalue weighted by molar-refractivity contribution is 5.22. The molecule has 0 fully saturated rings. The van der Waals surface area contributed by atoms with Crippen LogP contribution in [0, 0.1) is 6.92 Å². The molecule has 0 saturated heterocycles. The number of nitrogens with zero attached hydrogens (tertiary/aromatic N) is 2. The van der Waals surface area contributed by atoms with E-state index in [0.29, 0.717) is 0 Å². The van der Waals surface area contributed by atoms with Crippen LogP contribution in [-0.2, 0) is 13.1 Å². The molecule has 0 atom stereocenters. The number of hydrogen-bond acceptors (Lipinski definition) is 2. The van der Waals surface area contributed by atoms with Crippen LogP contribution in [0.5, 0.6) is 0 Å². The Balaban J connectivity index is 1.94. The minimum absolute atomic E-state index is 0.843. The first-order valence-electron chi connectivity index (χ1n) is 6.55. The molecule has 0 bridgehead atoms. The van der Waals surface area contributed by atoms with Gasteiger partial charge in [-0.15, -0.1) is 0 Å². The van der Waals surface area contributed by atoms with E-state index in [0.717, 1.165) is 26.1 Å². The van der Waals surface area contributed by atoms with Gasteiger partial charge in [0.25, 0.3) is 0 Å². The zero-order valence-electron chi connectivity index (χ0n) is 11.2. The first-order chi connectivity index (χ1) is 8.78. The van der Waals surface area contributed by atoms with E-state index in [2.05, 4.69) is 54.7 Å². The molecule has 3 nitrogen and oxygen atoms in total. The minimum Gasteiger partial charge on any atom is -0.313 e. The zero-order chi connectivity index (χ0) is 12.8. The standard InChI is InChI=1S/C15H21N3/c1-3-7-16-9-15-10-17-18(12-15)11-14-6-4-5-13(2)8-14/h4-6,8,10,12,16H,3,7,9,11H2,1-2H3. The molecule has 0 aliphatic heterocycles. The second-order valence-corrected chi connectivity index (χ2v) is 4.71. The fourth-order valence-corrected chi connectivity index (χ4v) is 1.99. The number of aromatic nitrogens is 2. The van der Waals surface area contributed by atoms with E-state index in [1.807, 2.05) is 10.9 Å². The smallest absolute Gasteiger partial charge is 0.0659 e. The highest BCUT2D eigenvalue weighted by Gasteiger charge is 1.99. The largest absolute Gasteiger partial charge is 0.313 e. The van der Waals surface area contributed by atoms with Crippen LogP contribution in [0.3, 0.4) is 0 Å². The molecule has 2 aromatic rings. The Kier molecular flexibility index (Phi) is 4.53. The topological polar surface area (TPSA) is 29.9 Å². The van der Waals surface area contributed by atoms with E-state index in [-0.39, 0.29) is 0 Å². The summed E-state index contributed by atoms with van der Waals surface area (Å²) in [5, 5.41) is 7.78. The van der Waals surface area contributed by atoms with E-state index < -0.39 is 0 Å². The summed E-state index contributed by atoms with van der Waals surface area (Å²) in [6, 6.07) is 8.56. The monoisotopic (exact) mass is 243 g/mol. The van der Waals surface area contributed by atoms with Gasteiger partial charge in [-0.1, -0.05) is 36.8 Å². The average Bonchev–Trinajstić information content (AvgIpc) is 2.77. The minimum atomic E-state index is 0.843. The summed E-state index contributed by atoms with van der Waals surface area (Å²) in [7, 11) is 0. The van der Waals surface area contributed by atoms with Gasteiger partial charge in [-0.25, -0.2) is 0 Å². The summed E-state index contributed by atoms with van der Waals surface area (Å²) in [4.78, 5) is 0.